The Morgan fingerprint density at radius 2 is 1.61 bits per heavy atom. The van der Waals surface area contributed by atoms with E-state index in [1.807, 2.05) is 60.7 Å². The van der Waals surface area contributed by atoms with E-state index in [1.165, 1.54) is 0 Å². The molecule has 1 amide bonds. The molecule has 0 aromatic heterocycles. The van der Waals surface area contributed by atoms with E-state index in [0.29, 0.717) is 0 Å². The molecular formula is C21H23NO6. The summed E-state index contributed by atoms with van der Waals surface area (Å²) < 4.78 is 16.8. The number of benzene rings is 2. The van der Waals surface area contributed by atoms with Gasteiger partial charge in [-0.05, 0) is 11.1 Å². The van der Waals surface area contributed by atoms with E-state index in [0.717, 1.165) is 11.1 Å². The molecule has 1 aliphatic carbocycles. The van der Waals surface area contributed by atoms with Crippen LogP contribution in [-0.2, 0) is 27.4 Å². The number of carbonyl (C=O) groups is 1. The van der Waals surface area contributed by atoms with Crippen molar-refractivity contribution in [1.29, 1.82) is 0 Å². The Bertz CT molecular complexity index is 801. The summed E-state index contributed by atoms with van der Waals surface area (Å²) in [6.07, 6.45) is -3.70. The lowest BCUT2D eigenvalue weighted by Crippen LogP contribution is -2.57. The van der Waals surface area contributed by atoms with Gasteiger partial charge in [0.2, 0.25) is 0 Å². The van der Waals surface area contributed by atoms with Gasteiger partial charge in [0.15, 0.2) is 6.10 Å². The summed E-state index contributed by atoms with van der Waals surface area (Å²) in [5.74, 6) is 0. The van der Waals surface area contributed by atoms with E-state index in [4.69, 9.17) is 14.2 Å². The second kappa shape index (κ2) is 7.89. The molecule has 3 N–H and O–H groups in total. The van der Waals surface area contributed by atoms with Gasteiger partial charge in [0, 0.05) is 0 Å². The average molecular weight is 385 g/mol. The molecule has 7 nitrogen and oxygen atoms in total. The molecule has 2 aromatic carbocycles. The molecular weight excluding hydrogens is 362 g/mol. The van der Waals surface area contributed by atoms with E-state index in [9.17, 15) is 15.0 Å². The number of nitrogens with one attached hydrogen (secondary N) is 1. The molecule has 0 unspecified atom stereocenters. The number of hydrogen-bond acceptors (Lipinski definition) is 6. The van der Waals surface area contributed by atoms with Crippen LogP contribution in [0.15, 0.2) is 60.7 Å². The number of aliphatic hydroxyl groups excluding tert-OH is 1. The van der Waals surface area contributed by atoms with Crippen LogP contribution < -0.4 is 5.32 Å². The molecule has 0 spiro atoms. The van der Waals surface area contributed by atoms with Crippen LogP contribution in [-0.4, -0.2) is 52.9 Å². The van der Waals surface area contributed by atoms with Crippen molar-refractivity contribution in [2.75, 3.05) is 6.61 Å². The van der Waals surface area contributed by atoms with Gasteiger partial charge >= 0.3 is 6.09 Å². The number of hydrogen-bond donors (Lipinski definition) is 3. The molecule has 2 aromatic rings. The molecule has 2 aliphatic rings. The number of rotatable bonds is 7. The van der Waals surface area contributed by atoms with Crippen molar-refractivity contribution in [1.82, 2.24) is 5.32 Å². The SMILES string of the molecule is O=C1N[C@@H]2[C@H](O1)[C@@H](O)[C@H](OCc1ccccc1)[C@]2(O)COCc1ccccc1. The third-order valence-corrected chi connectivity index (χ3v) is 5.24. The van der Waals surface area contributed by atoms with Gasteiger partial charge in [-0.15, -0.1) is 0 Å². The minimum absolute atomic E-state index is 0.122. The smallest absolute Gasteiger partial charge is 0.408 e. The molecule has 1 heterocycles. The zero-order valence-corrected chi connectivity index (χ0v) is 15.2. The van der Waals surface area contributed by atoms with Crippen molar-refractivity contribution < 1.29 is 29.2 Å². The topological polar surface area (TPSA) is 97.3 Å². The van der Waals surface area contributed by atoms with Crippen molar-refractivity contribution in [3.8, 4) is 0 Å². The Balaban J connectivity index is 1.48. The van der Waals surface area contributed by atoms with Gasteiger partial charge in [0.1, 0.15) is 23.9 Å². The van der Waals surface area contributed by atoms with Crippen LogP contribution in [0, 0.1) is 0 Å². The normalized spacial score (nSPS) is 31.3. The fraction of sp³-hybridized carbons (Fsp3) is 0.381. The van der Waals surface area contributed by atoms with E-state index in [2.05, 4.69) is 5.32 Å². The van der Waals surface area contributed by atoms with E-state index in [-0.39, 0.29) is 19.8 Å². The summed E-state index contributed by atoms with van der Waals surface area (Å²) in [7, 11) is 0. The fourth-order valence-electron chi connectivity index (χ4n) is 3.84. The van der Waals surface area contributed by atoms with Crippen molar-refractivity contribution in [2.24, 2.45) is 0 Å². The summed E-state index contributed by atoms with van der Waals surface area (Å²) in [5.41, 5.74) is 0.235. The predicted octanol–water partition coefficient (Wildman–Crippen LogP) is 1.37. The number of alkyl carbamates (subject to hydrolysis) is 1. The lowest BCUT2D eigenvalue weighted by atomic mass is 9.96. The molecule has 1 aliphatic heterocycles. The van der Waals surface area contributed by atoms with Crippen LogP contribution in [0.2, 0.25) is 0 Å². The summed E-state index contributed by atoms with van der Waals surface area (Å²) in [6, 6.07) is 18.2. The minimum Gasteiger partial charge on any atom is -0.441 e. The number of aliphatic hydroxyl groups is 2. The largest absolute Gasteiger partial charge is 0.441 e. The standard InChI is InChI=1S/C21H23NO6/c23-16-17-18(22-20(24)28-17)21(25,13-26-11-14-7-3-1-4-8-14)19(16)27-12-15-9-5-2-6-10-15/h1-10,16-19,23,25H,11-13H2,(H,22,24)/t16-,17-,18-,19+,21+/m1/s1. The molecule has 0 radical (unpaired) electrons. The second-order valence-electron chi connectivity index (χ2n) is 7.17. The molecule has 4 rings (SSSR count). The predicted molar refractivity (Wildman–Crippen MR) is 99.3 cm³/mol. The maximum absolute atomic E-state index is 11.6. The van der Waals surface area contributed by atoms with Crippen LogP contribution >= 0.6 is 0 Å². The second-order valence-corrected chi connectivity index (χ2v) is 7.17. The Labute approximate surface area is 162 Å². The summed E-state index contributed by atoms with van der Waals surface area (Å²) in [5, 5.41) is 24.6. The van der Waals surface area contributed by atoms with Crippen LogP contribution in [0.3, 0.4) is 0 Å². The Morgan fingerprint density at radius 3 is 2.25 bits per heavy atom. The molecule has 5 atom stereocenters. The monoisotopic (exact) mass is 385 g/mol. The summed E-state index contributed by atoms with van der Waals surface area (Å²) in [4.78, 5) is 11.6. The summed E-state index contributed by atoms with van der Waals surface area (Å²) >= 11 is 0. The highest BCUT2D eigenvalue weighted by Gasteiger charge is 2.65. The Kier molecular flexibility index (Phi) is 5.32. The molecule has 2 fully saturated rings. The van der Waals surface area contributed by atoms with Crippen LogP contribution in [0.5, 0.6) is 0 Å². The third-order valence-electron chi connectivity index (χ3n) is 5.24. The molecule has 7 heteroatoms. The number of fused-ring (bicyclic) bond motifs is 1. The number of amides is 1. The average Bonchev–Trinajstić information content (AvgIpc) is 3.19. The fourth-order valence-corrected chi connectivity index (χ4v) is 3.84. The molecule has 1 saturated carbocycles. The van der Waals surface area contributed by atoms with E-state index in [1.54, 1.807) is 0 Å². The lowest BCUT2D eigenvalue weighted by Gasteiger charge is -2.33. The first kappa shape index (κ1) is 18.9. The van der Waals surface area contributed by atoms with E-state index >= 15 is 0 Å². The number of carbonyl (C=O) groups excluding carboxylic acids is 1. The van der Waals surface area contributed by atoms with E-state index < -0.39 is 36.0 Å². The zero-order chi connectivity index (χ0) is 19.6. The van der Waals surface area contributed by atoms with Gasteiger partial charge in [0.05, 0.1) is 19.8 Å². The lowest BCUT2D eigenvalue weighted by molar-refractivity contribution is -0.163. The highest BCUT2D eigenvalue weighted by atomic mass is 16.6. The van der Waals surface area contributed by atoms with Crippen LogP contribution in [0.4, 0.5) is 4.79 Å². The van der Waals surface area contributed by atoms with Crippen molar-refractivity contribution in [3.05, 3.63) is 71.8 Å². The quantitative estimate of drug-likeness (QED) is 0.666. The first-order valence-corrected chi connectivity index (χ1v) is 9.23. The van der Waals surface area contributed by atoms with Gasteiger partial charge in [-0.1, -0.05) is 60.7 Å². The minimum atomic E-state index is -1.63. The maximum Gasteiger partial charge on any atom is 0.408 e. The van der Waals surface area contributed by atoms with Crippen LogP contribution in [0.25, 0.3) is 0 Å². The van der Waals surface area contributed by atoms with Crippen molar-refractivity contribution >= 4 is 6.09 Å². The highest BCUT2D eigenvalue weighted by molar-refractivity contribution is 5.71. The molecule has 28 heavy (non-hydrogen) atoms. The highest BCUT2D eigenvalue weighted by Crippen LogP contribution is 2.39. The third kappa shape index (κ3) is 3.62. The van der Waals surface area contributed by atoms with Gasteiger partial charge in [0.25, 0.3) is 0 Å². The first-order valence-electron chi connectivity index (χ1n) is 9.23. The first-order chi connectivity index (χ1) is 13.6. The van der Waals surface area contributed by atoms with Gasteiger partial charge in [-0.3, -0.25) is 0 Å². The van der Waals surface area contributed by atoms with Crippen molar-refractivity contribution in [2.45, 2.75) is 43.2 Å². The van der Waals surface area contributed by atoms with Crippen LogP contribution in [0.1, 0.15) is 11.1 Å². The number of ether oxygens (including phenoxy) is 3. The van der Waals surface area contributed by atoms with Gasteiger partial charge in [-0.25, -0.2) is 4.79 Å². The maximum atomic E-state index is 11.6. The van der Waals surface area contributed by atoms with Gasteiger partial charge in [-0.2, -0.15) is 0 Å². The molecule has 148 valence electrons. The Hall–Kier alpha value is -2.45. The Morgan fingerprint density at radius 1 is 1.00 bits per heavy atom. The molecule has 1 saturated heterocycles. The zero-order valence-electron chi connectivity index (χ0n) is 15.2. The molecule has 0 bridgehead atoms. The van der Waals surface area contributed by atoms with Gasteiger partial charge < -0.3 is 29.7 Å². The summed E-state index contributed by atoms with van der Waals surface area (Å²) in [6.45, 7) is 0.372. The van der Waals surface area contributed by atoms with Crippen molar-refractivity contribution in [3.63, 3.8) is 0 Å².